The zero-order valence-electron chi connectivity index (χ0n) is 10.9. The molecule has 0 aromatic heterocycles. The highest BCUT2D eigenvalue weighted by atomic mass is 28.3. The van der Waals surface area contributed by atoms with Gasteiger partial charge in [0.2, 0.25) is 5.91 Å². The van der Waals surface area contributed by atoms with Crippen LogP contribution in [-0.2, 0) is 11.3 Å². The molecular formula is C14H21NOSi. The van der Waals surface area contributed by atoms with Crippen LogP contribution in [0.5, 0.6) is 0 Å². The first-order valence-corrected chi connectivity index (χ1v) is 9.84. The van der Waals surface area contributed by atoms with E-state index < -0.39 is 8.07 Å². The van der Waals surface area contributed by atoms with Crippen LogP contribution in [0.4, 0.5) is 0 Å². The highest BCUT2D eigenvalue weighted by molar-refractivity contribution is 6.89. The third-order valence-corrected chi connectivity index (χ3v) is 5.33. The highest BCUT2D eigenvalue weighted by Crippen LogP contribution is 2.28. The second-order valence-electron chi connectivity index (χ2n) is 5.90. The van der Waals surface area contributed by atoms with Crippen LogP contribution in [0.25, 0.3) is 0 Å². The van der Waals surface area contributed by atoms with E-state index in [1.54, 1.807) is 0 Å². The van der Waals surface area contributed by atoms with Gasteiger partial charge in [0.05, 0.1) is 8.07 Å². The van der Waals surface area contributed by atoms with Crippen molar-refractivity contribution in [2.45, 2.75) is 39.0 Å². The molecule has 92 valence electrons. The normalized spacial score (nSPS) is 15.7. The number of hydrogen-bond donors (Lipinski definition) is 1. The molecule has 0 heterocycles. The molecule has 1 amide bonds. The van der Waals surface area contributed by atoms with Crippen LogP contribution < -0.4 is 10.5 Å². The Morgan fingerprint density at radius 2 is 1.94 bits per heavy atom. The molecule has 0 bridgehead atoms. The lowest BCUT2D eigenvalue weighted by Gasteiger charge is -2.21. The van der Waals surface area contributed by atoms with Crippen molar-refractivity contribution >= 4 is 19.2 Å². The molecule has 0 spiro atoms. The van der Waals surface area contributed by atoms with Crippen molar-refractivity contribution in [2.24, 2.45) is 5.92 Å². The summed E-state index contributed by atoms with van der Waals surface area (Å²) in [7, 11) is -1.31. The monoisotopic (exact) mass is 247 g/mol. The van der Waals surface area contributed by atoms with Gasteiger partial charge in [-0.05, 0) is 18.4 Å². The number of carbonyl (C=O) groups excluding carboxylic acids is 1. The number of benzene rings is 1. The molecule has 17 heavy (non-hydrogen) atoms. The van der Waals surface area contributed by atoms with E-state index in [1.165, 1.54) is 10.8 Å². The average Bonchev–Trinajstić information content (AvgIpc) is 3.08. The Balaban J connectivity index is 2.06. The van der Waals surface area contributed by atoms with Gasteiger partial charge in [0, 0.05) is 12.5 Å². The maximum absolute atomic E-state index is 11.6. The van der Waals surface area contributed by atoms with Gasteiger partial charge >= 0.3 is 0 Å². The zero-order chi connectivity index (χ0) is 12.5. The zero-order valence-corrected chi connectivity index (χ0v) is 11.9. The topological polar surface area (TPSA) is 29.1 Å². The number of rotatable bonds is 4. The molecule has 1 aliphatic carbocycles. The Labute approximate surface area is 104 Å². The van der Waals surface area contributed by atoms with E-state index in [0.29, 0.717) is 12.5 Å². The lowest BCUT2D eigenvalue weighted by Crippen LogP contribution is -2.41. The molecule has 0 saturated heterocycles. The predicted octanol–water partition coefficient (Wildman–Crippen LogP) is 2.26. The van der Waals surface area contributed by atoms with Crippen molar-refractivity contribution in [1.29, 1.82) is 0 Å². The average molecular weight is 247 g/mol. The molecule has 1 N–H and O–H groups in total. The summed E-state index contributed by atoms with van der Waals surface area (Å²) in [6, 6.07) is 8.51. The van der Waals surface area contributed by atoms with E-state index in [1.807, 2.05) is 0 Å². The lowest BCUT2D eigenvalue weighted by atomic mass is 10.2. The van der Waals surface area contributed by atoms with Crippen LogP contribution in [0.1, 0.15) is 18.4 Å². The summed E-state index contributed by atoms with van der Waals surface area (Å²) >= 11 is 0. The van der Waals surface area contributed by atoms with E-state index in [-0.39, 0.29) is 5.91 Å². The van der Waals surface area contributed by atoms with Crippen LogP contribution in [0, 0.1) is 5.92 Å². The van der Waals surface area contributed by atoms with Crippen molar-refractivity contribution in [2.75, 3.05) is 0 Å². The van der Waals surface area contributed by atoms with Crippen LogP contribution in [-0.4, -0.2) is 14.0 Å². The fraction of sp³-hybridized carbons (Fsp3) is 0.500. The first-order valence-electron chi connectivity index (χ1n) is 6.34. The van der Waals surface area contributed by atoms with Gasteiger partial charge in [-0.2, -0.15) is 0 Å². The maximum atomic E-state index is 11.6. The molecular weight excluding hydrogens is 226 g/mol. The van der Waals surface area contributed by atoms with Crippen molar-refractivity contribution < 1.29 is 4.79 Å². The van der Waals surface area contributed by atoms with Gasteiger partial charge in [0.25, 0.3) is 0 Å². The molecule has 0 radical (unpaired) electrons. The number of nitrogens with one attached hydrogen (secondary N) is 1. The van der Waals surface area contributed by atoms with Crippen LogP contribution >= 0.6 is 0 Å². The van der Waals surface area contributed by atoms with E-state index in [9.17, 15) is 4.79 Å². The van der Waals surface area contributed by atoms with Gasteiger partial charge in [-0.15, -0.1) is 0 Å². The van der Waals surface area contributed by atoms with Gasteiger partial charge in [0.1, 0.15) is 0 Å². The van der Waals surface area contributed by atoms with Gasteiger partial charge < -0.3 is 5.32 Å². The molecule has 1 aliphatic rings. The Morgan fingerprint density at radius 1 is 1.29 bits per heavy atom. The number of amides is 1. The van der Waals surface area contributed by atoms with E-state index in [4.69, 9.17) is 0 Å². The van der Waals surface area contributed by atoms with Crippen LogP contribution in [0.3, 0.4) is 0 Å². The Hall–Kier alpha value is -1.09. The SMILES string of the molecule is C[Si](C)(C)c1ccccc1CNC(=O)C1CC1. The van der Waals surface area contributed by atoms with Crippen LogP contribution in [0.2, 0.25) is 19.6 Å². The maximum Gasteiger partial charge on any atom is 0.223 e. The summed E-state index contributed by atoms with van der Waals surface area (Å²) in [6.45, 7) is 7.72. The fourth-order valence-corrected chi connectivity index (χ4v) is 3.81. The molecule has 1 aromatic rings. The minimum absolute atomic E-state index is 0.232. The Morgan fingerprint density at radius 3 is 2.53 bits per heavy atom. The molecule has 3 heteroatoms. The molecule has 1 aromatic carbocycles. The summed E-state index contributed by atoms with van der Waals surface area (Å²) in [5.41, 5.74) is 1.29. The van der Waals surface area contributed by atoms with Crippen molar-refractivity contribution in [3.63, 3.8) is 0 Å². The number of hydrogen-bond acceptors (Lipinski definition) is 1. The van der Waals surface area contributed by atoms with Gasteiger partial charge in [-0.1, -0.05) is 49.1 Å². The second-order valence-corrected chi connectivity index (χ2v) is 10.9. The van der Waals surface area contributed by atoms with Crippen molar-refractivity contribution in [1.82, 2.24) is 5.32 Å². The first-order chi connectivity index (χ1) is 7.98. The molecule has 0 aliphatic heterocycles. The fourth-order valence-electron chi connectivity index (χ4n) is 2.08. The minimum Gasteiger partial charge on any atom is -0.352 e. The largest absolute Gasteiger partial charge is 0.352 e. The number of carbonyl (C=O) groups is 1. The third-order valence-electron chi connectivity index (χ3n) is 3.23. The third kappa shape index (κ3) is 3.19. The van der Waals surface area contributed by atoms with Gasteiger partial charge in [-0.3, -0.25) is 4.79 Å². The minimum atomic E-state index is -1.31. The van der Waals surface area contributed by atoms with Crippen molar-refractivity contribution in [3.05, 3.63) is 29.8 Å². The molecule has 1 saturated carbocycles. The van der Waals surface area contributed by atoms with Gasteiger partial charge in [-0.25, -0.2) is 0 Å². The summed E-state index contributed by atoms with van der Waals surface area (Å²) in [5, 5.41) is 4.51. The van der Waals surface area contributed by atoms with E-state index >= 15 is 0 Å². The van der Waals surface area contributed by atoms with E-state index in [0.717, 1.165) is 12.8 Å². The summed E-state index contributed by atoms with van der Waals surface area (Å²) < 4.78 is 0. The summed E-state index contributed by atoms with van der Waals surface area (Å²) in [4.78, 5) is 11.6. The van der Waals surface area contributed by atoms with Crippen LogP contribution in [0.15, 0.2) is 24.3 Å². The quantitative estimate of drug-likeness (QED) is 0.813. The Bertz CT molecular complexity index is 418. The second kappa shape index (κ2) is 4.65. The molecule has 2 nitrogen and oxygen atoms in total. The molecule has 1 fully saturated rings. The van der Waals surface area contributed by atoms with Gasteiger partial charge in [0.15, 0.2) is 0 Å². The van der Waals surface area contributed by atoms with E-state index in [2.05, 4.69) is 49.2 Å². The predicted molar refractivity (Wildman–Crippen MR) is 74.0 cm³/mol. The lowest BCUT2D eigenvalue weighted by molar-refractivity contribution is -0.122. The standard InChI is InChI=1S/C14H21NOSi/c1-17(2,3)13-7-5-4-6-12(13)10-15-14(16)11-8-9-11/h4-7,11H,8-10H2,1-3H3,(H,15,16). The summed E-state index contributed by atoms with van der Waals surface area (Å²) in [6.07, 6.45) is 2.14. The smallest absolute Gasteiger partial charge is 0.223 e. The summed E-state index contributed by atoms with van der Waals surface area (Å²) in [5.74, 6) is 0.532. The Kier molecular flexibility index (Phi) is 3.38. The molecule has 2 rings (SSSR count). The molecule has 0 atom stereocenters. The molecule has 0 unspecified atom stereocenters. The van der Waals surface area contributed by atoms with Crippen molar-refractivity contribution in [3.8, 4) is 0 Å². The first kappa shape index (κ1) is 12.4. The highest BCUT2D eigenvalue weighted by Gasteiger charge is 2.29.